The van der Waals surface area contributed by atoms with E-state index in [0.29, 0.717) is 60.6 Å². The quantitative estimate of drug-likeness (QED) is 0.0396. The van der Waals surface area contributed by atoms with Crippen LogP contribution in [0.4, 0.5) is 0 Å². The molecule has 0 bridgehead atoms. The van der Waals surface area contributed by atoms with E-state index in [1.807, 2.05) is 48.5 Å². The molecule has 0 aliphatic heterocycles. The first kappa shape index (κ1) is 52.0. The molecule has 2 aromatic heterocycles. The van der Waals surface area contributed by atoms with Gasteiger partial charge in [-0.05, 0) is 62.1 Å². The minimum absolute atomic E-state index is 0. The Morgan fingerprint density at radius 3 is 0.951 bits per heavy atom. The van der Waals surface area contributed by atoms with Gasteiger partial charge in [0.2, 0.25) is 0 Å². The normalized spacial score (nSPS) is 9.87. The van der Waals surface area contributed by atoms with E-state index >= 15 is 0 Å². The summed E-state index contributed by atoms with van der Waals surface area (Å²) in [5, 5.41) is 0. The molecule has 324 valence electrons. The summed E-state index contributed by atoms with van der Waals surface area (Å²) in [6.45, 7) is 11.3. The molecular formula is C54H64N2O4Pt. The third kappa shape index (κ3) is 21.3. The summed E-state index contributed by atoms with van der Waals surface area (Å²) in [4.78, 5) is 8.07. The van der Waals surface area contributed by atoms with Crippen molar-refractivity contribution in [1.82, 2.24) is 9.97 Å². The number of nitrogens with zero attached hydrogens (tertiary/aromatic N) is 2. The van der Waals surface area contributed by atoms with E-state index in [1.54, 1.807) is 24.8 Å². The molecule has 4 aromatic rings. The van der Waals surface area contributed by atoms with Crippen molar-refractivity contribution in [3.8, 4) is 58.5 Å². The van der Waals surface area contributed by atoms with Gasteiger partial charge in [-0.3, -0.25) is 21.8 Å². The second-order valence-electron chi connectivity index (χ2n) is 14.5. The number of rotatable bonds is 24. The molecule has 0 aliphatic carbocycles. The van der Waals surface area contributed by atoms with Crippen molar-refractivity contribution in [2.24, 2.45) is 0 Å². The largest absolute Gasteiger partial charge is 2.00 e. The molecule has 0 amide bonds. The Kier molecular flexibility index (Phi) is 28.6. The van der Waals surface area contributed by atoms with Crippen LogP contribution >= 0.6 is 0 Å². The molecule has 0 radical (unpaired) electrons. The van der Waals surface area contributed by atoms with Crippen LogP contribution < -0.4 is 18.9 Å². The van der Waals surface area contributed by atoms with Gasteiger partial charge in [0.05, 0.1) is 49.1 Å². The minimum atomic E-state index is 0. The average Bonchev–Trinajstić information content (AvgIpc) is 3.28. The molecule has 0 fully saturated rings. The Labute approximate surface area is 383 Å². The van der Waals surface area contributed by atoms with Crippen LogP contribution in [0, 0.1) is 48.4 Å². The zero-order valence-electron chi connectivity index (χ0n) is 36.9. The zero-order chi connectivity index (χ0) is 42.9. The molecule has 7 heteroatoms. The third-order valence-electron chi connectivity index (χ3n) is 9.50. The van der Waals surface area contributed by atoms with Gasteiger partial charge < -0.3 is 31.8 Å². The number of hydrogen-bond acceptors (Lipinski definition) is 6. The first-order valence-electron chi connectivity index (χ1n) is 22.1. The van der Waals surface area contributed by atoms with Crippen LogP contribution in [0.15, 0.2) is 73.3 Å². The number of ether oxygens (including phenoxy) is 4. The predicted molar refractivity (Wildman–Crippen MR) is 244 cm³/mol. The topological polar surface area (TPSA) is 62.7 Å². The summed E-state index contributed by atoms with van der Waals surface area (Å²) in [5.74, 6) is 20.4. The number of pyridine rings is 2. The van der Waals surface area contributed by atoms with E-state index in [2.05, 4.69) is 73.2 Å². The van der Waals surface area contributed by atoms with Gasteiger partial charge in [0.15, 0.2) is 0 Å². The van der Waals surface area contributed by atoms with Crippen molar-refractivity contribution in [3.05, 3.63) is 120 Å². The fourth-order valence-corrected chi connectivity index (χ4v) is 5.98. The van der Waals surface area contributed by atoms with Gasteiger partial charge in [0.25, 0.3) is 0 Å². The summed E-state index contributed by atoms with van der Waals surface area (Å²) in [5.41, 5.74) is 4.52. The van der Waals surface area contributed by atoms with E-state index in [0.717, 1.165) is 73.6 Å². The molecule has 2 heterocycles. The third-order valence-corrected chi connectivity index (χ3v) is 9.50. The molecule has 6 nitrogen and oxygen atoms in total. The number of hydrogen-bond donors (Lipinski definition) is 0. The molecule has 61 heavy (non-hydrogen) atoms. The summed E-state index contributed by atoms with van der Waals surface area (Å²) in [6, 6.07) is 14.9. The minimum Gasteiger partial charge on any atom is -0.511 e. The number of aromatic nitrogens is 2. The molecule has 0 atom stereocenters. The monoisotopic (exact) mass is 999 g/mol. The van der Waals surface area contributed by atoms with Gasteiger partial charge >= 0.3 is 21.1 Å². The van der Waals surface area contributed by atoms with Crippen molar-refractivity contribution in [2.75, 3.05) is 26.4 Å². The summed E-state index contributed by atoms with van der Waals surface area (Å²) in [7, 11) is 0. The predicted octanol–water partition coefficient (Wildman–Crippen LogP) is 12.7. The molecule has 0 unspecified atom stereocenters. The Morgan fingerprint density at radius 2 is 0.672 bits per heavy atom. The van der Waals surface area contributed by atoms with Crippen LogP contribution in [0.1, 0.15) is 164 Å². The van der Waals surface area contributed by atoms with Crippen molar-refractivity contribution in [1.29, 1.82) is 0 Å². The van der Waals surface area contributed by atoms with Crippen LogP contribution in [0.2, 0.25) is 0 Å². The smallest absolute Gasteiger partial charge is 0.511 e. The first-order valence-corrected chi connectivity index (χ1v) is 22.1. The van der Waals surface area contributed by atoms with Gasteiger partial charge in [0, 0.05) is 35.9 Å². The molecule has 4 rings (SSSR count). The number of benzene rings is 2. The van der Waals surface area contributed by atoms with E-state index in [9.17, 15) is 0 Å². The van der Waals surface area contributed by atoms with Crippen LogP contribution in [0.5, 0.6) is 23.0 Å². The maximum absolute atomic E-state index is 7.67. The van der Waals surface area contributed by atoms with Crippen molar-refractivity contribution in [2.45, 2.75) is 130 Å². The summed E-state index contributed by atoms with van der Waals surface area (Å²) in [6.07, 6.45) is 40.5. The Hall–Kier alpha value is -5.13. The van der Waals surface area contributed by atoms with Crippen LogP contribution in [0.3, 0.4) is 0 Å². The van der Waals surface area contributed by atoms with E-state index in [4.69, 9.17) is 31.8 Å². The van der Waals surface area contributed by atoms with E-state index < -0.39 is 0 Å². The van der Waals surface area contributed by atoms with Gasteiger partial charge in [0.1, 0.15) is 11.5 Å². The molecular weight excluding hydrogens is 936 g/mol. The van der Waals surface area contributed by atoms with Gasteiger partial charge in [-0.25, -0.2) is 0 Å². The molecule has 0 aliphatic rings. The Balaban J connectivity index is 0.000000413. The maximum atomic E-state index is 7.67. The first-order chi connectivity index (χ1) is 29.6. The molecule has 0 N–H and O–H groups in total. The van der Waals surface area contributed by atoms with Crippen LogP contribution in [-0.4, -0.2) is 36.4 Å². The second-order valence-corrected chi connectivity index (χ2v) is 14.5. The van der Waals surface area contributed by atoms with Gasteiger partial charge in [-0.2, -0.15) is 0 Å². The van der Waals surface area contributed by atoms with Crippen molar-refractivity contribution >= 4 is 0 Å². The Bertz CT molecular complexity index is 1870. The zero-order valence-corrected chi connectivity index (χ0v) is 39.2. The summed E-state index contributed by atoms with van der Waals surface area (Å²) >= 11 is 0. The fourth-order valence-electron chi connectivity index (χ4n) is 5.98. The molecule has 2 aromatic carbocycles. The second kappa shape index (κ2) is 33.6. The van der Waals surface area contributed by atoms with E-state index in [1.165, 1.54) is 51.4 Å². The number of unbranched alkanes of at least 4 members (excludes halogenated alkanes) is 12. The van der Waals surface area contributed by atoms with E-state index in [-0.39, 0.29) is 21.1 Å². The van der Waals surface area contributed by atoms with Crippen LogP contribution in [0.25, 0.3) is 0 Å². The fraction of sp³-hybridized carbons (Fsp3) is 0.444. The van der Waals surface area contributed by atoms with Gasteiger partial charge in [-0.1, -0.05) is 152 Å². The molecule has 0 saturated heterocycles. The van der Waals surface area contributed by atoms with Crippen molar-refractivity contribution < 1.29 is 40.0 Å². The Morgan fingerprint density at radius 1 is 0.393 bits per heavy atom. The van der Waals surface area contributed by atoms with Gasteiger partial charge in [-0.15, -0.1) is 0 Å². The standard InChI is InChI=1S/2C27H32NO2.Pt/c2*1-4-7-9-11-19-29-26-22-25(14-13-23-15-17-28-18-16-23)27(21-24(26)6-3)30-20-12-10-8-5-2;/h2*15-18,21-22H,4-5,7-12,19-20H2,1-2H3;/q2*-1;+2. The maximum Gasteiger partial charge on any atom is 2.00 e. The SMILES string of the molecule is [C-]#Cc1cc(OCCCCCC)c(C#Cc2ccncc2)cc1OCCCCCC.[C-]#Cc1cc(OCCCCCC)c(C#Cc2ccncc2)cc1OCCCCCC.[Pt+2]. The van der Waals surface area contributed by atoms with Crippen molar-refractivity contribution in [3.63, 3.8) is 0 Å². The summed E-state index contributed by atoms with van der Waals surface area (Å²) < 4.78 is 24.0. The van der Waals surface area contributed by atoms with Crippen LogP contribution in [-0.2, 0) is 21.1 Å². The average molecular weight is 1000 g/mol. The molecule has 0 saturated carbocycles. The molecule has 0 spiro atoms.